The molecule has 0 radical (unpaired) electrons. The Kier molecular flexibility index (Phi) is 3.66. The number of aliphatic imine (C=N–C) groups is 1. The molecule has 1 unspecified atom stereocenters. The molecule has 0 spiro atoms. The van der Waals surface area contributed by atoms with Gasteiger partial charge >= 0.3 is 0 Å². The molecule has 0 saturated carbocycles. The number of hydrogen-bond donors (Lipinski definition) is 1. The van der Waals surface area contributed by atoms with Gasteiger partial charge in [0.2, 0.25) is 0 Å². The lowest BCUT2D eigenvalue weighted by Gasteiger charge is -2.14. The summed E-state index contributed by atoms with van der Waals surface area (Å²) in [5.41, 5.74) is 1.88. The minimum absolute atomic E-state index is 0.0916. The van der Waals surface area contributed by atoms with Crippen LogP contribution in [-0.4, -0.2) is 17.4 Å². The first kappa shape index (κ1) is 13.7. The zero-order chi connectivity index (χ0) is 14.8. The van der Waals surface area contributed by atoms with E-state index >= 15 is 0 Å². The lowest BCUT2D eigenvalue weighted by molar-refractivity contribution is 0.442. The summed E-state index contributed by atoms with van der Waals surface area (Å²) in [4.78, 5) is 4.59. The summed E-state index contributed by atoms with van der Waals surface area (Å²) in [5.74, 6) is 6.19. The van der Waals surface area contributed by atoms with Crippen molar-refractivity contribution in [2.24, 2.45) is 10.8 Å². The molecule has 2 N–H and O–H groups in total. The Hall–Kier alpha value is -2.27. The van der Waals surface area contributed by atoms with E-state index in [9.17, 15) is 8.78 Å². The largest absolute Gasteiger partial charge is 0.296 e. The minimum atomic E-state index is -0.267. The summed E-state index contributed by atoms with van der Waals surface area (Å²) >= 11 is 0. The van der Waals surface area contributed by atoms with Crippen LogP contribution in [0, 0.1) is 11.6 Å². The summed E-state index contributed by atoms with van der Waals surface area (Å²) in [7, 11) is 0. The first-order valence-corrected chi connectivity index (χ1v) is 6.70. The SMILES string of the molecule is NN1CC(c2ccc(F)cc2)N=C1Cc1ccc(F)cc1. The van der Waals surface area contributed by atoms with Gasteiger partial charge in [0.25, 0.3) is 0 Å². The molecule has 5 heteroatoms. The van der Waals surface area contributed by atoms with Crippen LogP contribution in [-0.2, 0) is 6.42 Å². The van der Waals surface area contributed by atoms with Gasteiger partial charge in [0.15, 0.2) is 0 Å². The standard InChI is InChI=1S/C16H15F2N3/c17-13-5-1-11(2-6-13)9-16-20-15(10-21(16)19)12-3-7-14(18)8-4-12/h1-8,15H,9-10,19H2. The van der Waals surface area contributed by atoms with Gasteiger partial charge < -0.3 is 0 Å². The van der Waals surface area contributed by atoms with E-state index in [2.05, 4.69) is 4.99 Å². The van der Waals surface area contributed by atoms with Gasteiger partial charge in [0.05, 0.1) is 12.6 Å². The number of nitrogens with zero attached hydrogens (tertiary/aromatic N) is 2. The average Bonchev–Trinajstić information content (AvgIpc) is 2.83. The molecule has 0 bridgehead atoms. The van der Waals surface area contributed by atoms with Crippen LogP contribution < -0.4 is 5.84 Å². The normalized spacial score (nSPS) is 18.0. The first-order chi connectivity index (χ1) is 10.1. The van der Waals surface area contributed by atoms with Crippen LogP contribution >= 0.6 is 0 Å². The molecule has 1 aliphatic heterocycles. The fraction of sp³-hybridized carbons (Fsp3) is 0.188. The summed E-state index contributed by atoms with van der Waals surface area (Å²) in [6.45, 7) is 0.558. The minimum Gasteiger partial charge on any atom is -0.296 e. The number of rotatable bonds is 3. The van der Waals surface area contributed by atoms with Crippen LogP contribution in [0.15, 0.2) is 53.5 Å². The monoisotopic (exact) mass is 287 g/mol. The molecule has 0 saturated heterocycles. The van der Waals surface area contributed by atoms with E-state index in [0.29, 0.717) is 13.0 Å². The number of hydrogen-bond acceptors (Lipinski definition) is 3. The van der Waals surface area contributed by atoms with Gasteiger partial charge in [-0.25, -0.2) is 14.6 Å². The third-order valence-electron chi connectivity index (χ3n) is 3.54. The fourth-order valence-corrected chi connectivity index (χ4v) is 2.38. The second-order valence-electron chi connectivity index (χ2n) is 5.07. The third-order valence-corrected chi connectivity index (χ3v) is 3.54. The van der Waals surface area contributed by atoms with E-state index in [0.717, 1.165) is 17.0 Å². The van der Waals surface area contributed by atoms with Crippen LogP contribution in [0.2, 0.25) is 0 Å². The number of amidine groups is 1. The van der Waals surface area contributed by atoms with Crippen LogP contribution in [0.1, 0.15) is 17.2 Å². The van der Waals surface area contributed by atoms with Crippen LogP contribution in [0.4, 0.5) is 8.78 Å². The van der Waals surface area contributed by atoms with Crippen molar-refractivity contribution in [3.63, 3.8) is 0 Å². The predicted molar refractivity (Wildman–Crippen MR) is 77.6 cm³/mol. The second kappa shape index (κ2) is 5.61. The van der Waals surface area contributed by atoms with Crippen molar-refractivity contribution in [1.82, 2.24) is 5.01 Å². The van der Waals surface area contributed by atoms with Crippen molar-refractivity contribution in [2.45, 2.75) is 12.5 Å². The van der Waals surface area contributed by atoms with Gasteiger partial charge in [-0.1, -0.05) is 24.3 Å². The molecule has 3 nitrogen and oxygen atoms in total. The highest BCUT2D eigenvalue weighted by molar-refractivity contribution is 5.85. The molecule has 2 aromatic rings. The topological polar surface area (TPSA) is 41.6 Å². The van der Waals surface area contributed by atoms with E-state index in [1.165, 1.54) is 24.3 Å². The maximum Gasteiger partial charge on any atom is 0.123 e. The molecular weight excluding hydrogens is 272 g/mol. The maximum absolute atomic E-state index is 12.9. The molecule has 1 heterocycles. The predicted octanol–water partition coefficient (Wildman–Crippen LogP) is 2.84. The van der Waals surface area contributed by atoms with Gasteiger partial charge in [0, 0.05) is 6.42 Å². The molecule has 3 rings (SSSR count). The zero-order valence-electron chi connectivity index (χ0n) is 11.3. The summed E-state index contributed by atoms with van der Waals surface area (Å²) in [6.07, 6.45) is 0.550. The van der Waals surface area contributed by atoms with Gasteiger partial charge in [-0.05, 0) is 35.4 Å². The zero-order valence-corrected chi connectivity index (χ0v) is 11.3. The lowest BCUT2D eigenvalue weighted by Crippen LogP contribution is -2.35. The molecule has 0 aliphatic carbocycles. The molecule has 0 amide bonds. The Morgan fingerprint density at radius 2 is 1.57 bits per heavy atom. The molecule has 108 valence electrons. The quantitative estimate of drug-likeness (QED) is 0.882. The van der Waals surface area contributed by atoms with E-state index < -0.39 is 0 Å². The molecule has 0 aromatic heterocycles. The van der Waals surface area contributed by atoms with E-state index in [-0.39, 0.29) is 17.7 Å². The summed E-state index contributed by atoms with van der Waals surface area (Å²) in [5, 5.41) is 1.59. The highest BCUT2D eigenvalue weighted by Crippen LogP contribution is 2.24. The Balaban J connectivity index is 1.77. The van der Waals surface area contributed by atoms with Crippen molar-refractivity contribution in [3.8, 4) is 0 Å². The molecule has 0 fully saturated rings. The Labute approximate surface area is 121 Å². The van der Waals surface area contributed by atoms with Crippen molar-refractivity contribution < 1.29 is 8.78 Å². The maximum atomic E-state index is 12.9. The molecule has 21 heavy (non-hydrogen) atoms. The van der Waals surface area contributed by atoms with Gasteiger partial charge in [0.1, 0.15) is 17.5 Å². The Morgan fingerprint density at radius 3 is 2.19 bits per heavy atom. The second-order valence-corrected chi connectivity index (χ2v) is 5.07. The van der Waals surface area contributed by atoms with E-state index in [1.807, 2.05) is 0 Å². The van der Waals surface area contributed by atoms with Gasteiger partial charge in [-0.15, -0.1) is 0 Å². The number of benzene rings is 2. The van der Waals surface area contributed by atoms with Crippen LogP contribution in [0.25, 0.3) is 0 Å². The highest BCUT2D eigenvalue weighted by Gasteiger charge is 2.24. The fourth-order valence-electron chi connectivity index (χ4n) is 2.38. The molecule has 1 aliphatic rings. The molecule has 1 atom stereocenters. The number of nitrogens with two attached hydrogens (primary N) is 1. The third kappa shape index (κ3) is 3.08. The highest BCUT2D eigenvalue weighted by atomic mass is 19.1. The van der Waals surface area contributed by atoms with Crippen molar-refractivity contribution >= 4 is 5.84 Å². The van der Waals surface area contributed by atoms with Gasteiger partial charge in [-0.2, -0.15) is 0 Å². The summed E-state index contributed by atoms with van der Waals surface area (Å²) in [6, 6.07) is 12.5. The van der Waals surface area contributed by atoms with Crippen molar-refractivity contribution in [1.29, 1.82) is 0 Å². The van der Waals surface area contributed by atoms with Crippen LogP contribution in [0.5, 0.6) is 0 Å². The van der Waals surface area contributed by atoms with Crippen molar-refractivity contribution in [3.05, 3.63) is 71.3 Å². The average molecular weight is 287 g/mol. The number of hydrazine groups is 1. The Bertz CT molecular complexity index is 650. The number of halogens is 2. The molecular formula is C16H15F2N3. The first-order valence-electron chi connectivity index (χ1n) is 6.70. The smallest absolute Gasteiger partial charge is 0.123 e. The van der Waals surface area contributed by atoms with Crippen molar-refractivity contribution in [2.75, 3.05) is 6.54 Å². The van der Waals surface area contributed by atoms with E-state index in [1.54, 1.807) is 29.3 Å². The Morgan fingerprint density at radius 1 is 1.00 bits per heavy atom. The van der Waals surface area contributed by atoms with Crippen LogP contribution in [0.3, 0.4) is 0 Å². The summed E-state index contributed by atoms with van der Waals surface area (Å²) < 4.78 is 25.8. The van der Waals surface area contributed by atoms with Gasteiger partial charge in [-0.3, -0.25) is 10.0 Å². The molecule has 2 aromatic carbocycles. The lowest BCUT2D eigenvalue weighted by atomic mass is 10.1. The van der Waals surface area contributed by atoms with E-state index in [4.69, 9.17) is 5.84 Å².